The van der Waals surface area contributed by atoms with Gasteiger partial charge in [-0.1, -0.05) is 17.7 Å². The van der Waals surface area contributed by atoms with Gasteiger partial charge in [0.15, 0.2) is 0 Å². The van der Waals surface area contributed by atoms with Crippen LogP contribution in [0.2, 0.25) is 5.02 Å². The van der Waals surface area contributed by atoms with E-state index < -0.39 is 0 Å². The van der Waals surface area contributed by atoms with E-state index in [2.05, 4.69) is 4.98 Å². The van der Waals surface area contributed by atoms with Gasteiger partial charge in [-0.05, 0) is 30.7 Å². The molecule has 14 heavy (non-hydrogen) atoms. The summed E-state index contributed by atoms with van der Waals surface area (Å²) in [5.74, 6) is 0.515. The Labute approximate surface area is 92.7 Å². The lowest BCUT2D eigenvalue weighted by Gasteiger charge is -2.02. The molecule has 0 saturated heterocycles. The first-order valence-corrected chi connectivity index (χ1v) is 5.23. The zero-order valence-electron chi connectivity index (χ0n) is 7.72. The molecule has 2 rings (SSSR count). The molecule has 0 saturated carbocycles. The number of rotatable bonds is 1. The van der Waals surface area contributed by atoms with Gasteiger partial charge in [-0.3, -0.25) is 4.98 Å². The number of fused-ring (bicyclic) bond motifs is 1. The highest BCUT2D eigenvalue weighted by Crippen LogP contribution is 2.21. The van der Waals surface area contributed by atoms with Crippen LogP contribution in [0.3, 0.4) is 0 Å². The van der Waals surface area contributed by atoms with Crippen molar-refractivity contribution >= 4 is 34.1 Å². The van der Waals surface area contributed by atoms with Crippen LogP contribution in [0.25, 0.3) is 10.9 Å². The Kier molecular flexibility index (Phi) is 2.62. The smallest absolute Gasteiger partial charge is 0.0706 e. The van der Waals surface area contributed by atoms with Gasteiger partial charge in [0, 0.05) is 11.3 Å². The van der Waals surface area contributed by atoms with Gasteiger partial charge in [-0.2, -0.15) is 0 Å². The van der Waals surface area contributed by atoms with Gasteiger partial charge in [0.05, 0.1) is 16.2 Å². The molecule has 1 heterocycles. The number of aryl methyl sites for hydroxylation is 1. The Morgan fingerprint density at radius 1 is 1.29 bits per heavy atom. The SMILES string of the molecule is Cc1nc2ccc(CCl)cc2cc1Cl. The van der Waals surface area contributed by atoms with Crippen molar-refractivity contribution in [2.45, 2.75) is 12.8 Å². The molecule has 0 unspecified atom stereocenters. The van der Waals surface area contributed by atoms with E-state index >= 15 is 0 Å². The van der Waals surface area contributed by atoms with Crippen LogP contribution in [-0.2, 0) is 5.88 Å². The second-order valence-corrected chi connectivity index (χ2v) is 3.89. The van der Waals surface area contributed by atoms with Gasteiger partial charge in [-0.15, -0.1) is 11.6 Å². The largest absolute Gasteiger partial charge is 0.252 e. The molecule has 0 radical (unpaired) electrons. The third-order valence-corrected chi connectivity index (χ3v) is 2.85. The Morgan fingerprint density at radius 2 is 2.07 bits per heavy atom. The van der Waals surface area contributed by atoms with Crippen LogP contribution in [0.4, 0.5) is 0 Å². The number of aromatic nitrogens is 1. The minimum Gasteiger partial charge on any atom is -0.252 e. The summed E-state index contributed by atoms with van der Waals surface area (Å²) in [7, 11) is 0. The molecule has 2 aromatic rings. The summed E-state index contributed by atoms with van der Waals surface area (Å²) in [5.41, 5.74) is 2.90. The molecule has 1 aromatic heterocycles. The topological polar surface area (TPSA) is 12.9 Å². The minimum absolute atomic E-state index is 0.515. The van der Waals surface area contributed by atoms with Crippen LogP contribution in [0.5, 0.6) is 0 Å². The van der Waals surface area contributed by atoms with Crippen LogP contribution >= 0.6 is 23.2 Å². The molecule has 0 atom stereocenters. The third kappa shape index (κ3) is 1.70. The molecule has 0 aliphatic carbocycles. The van der Waals surface area contributed by atoms with Crippen LogP contribution in [0.1, 0.15) is 11.3 Å². The van der Waals surface area contributed by atoms with Crippen molar-refractivity contribution in [3.8, 4) is 0 Å². The number of halogens is 2. The van der Waals surface area contributed by atoms with Gasteiger partial charge in [0.25, 0.3) is 0 Å². The first-order valence-electron chi connectivity index (χ1n) is 4.32. The Hall–Kier alpha value is -0.790. The van der Waals surface area contributed by atoms with E-state index in [1.807, 2.05) is 31.2 Å². The molecule has 0 N–H and O–H groups in total. The van der Waals surface area contributed by atoms with Crippen molar-refractivity contribution in [1.29, 1.82) is 0 Å². The minimum atomic E-state index is 0.515. The number of benzene rings is 1. The van der Waals surface area contributed by atoms with Crippen LogP contribution < -0.4 is 0 Å². The van der Waals surface area contributed by atoms with Gasteiger partial charge in [-0.25, -0.2) is 0 Å². The van der Waals surface area contributed by atoms with E-state index in [0.29, 0.717) is 10.9 Å². The highest BCUT2D eigenvalue weighted by Gasteiger charge is 2.01. The summed E-state index contributed by atoms with van der Waals surface area (Å²) in [5, 5.41) is 1.74. The molecule has 72 valence electrons. The Bertz CT molecular complexity index is 480. The molecule has 0 amide bonds. The van der Waals surface area contributed by atoms with Crippen molar-refractivity contribution in [1.82, 2.24) is 4.98 Å². The lowest BCUT2D eigenvalue weighted by molar-refractivity contribution is 1.25. The second kappa shape index (κ2) is 3.76. The first-order chi connectivity index (χ1) is 6.70. The summed E-state index contributed by atoms with van der Waals surface area (Å²) in [6.07, 6.45) is 0. The molecule has 0 aliphatic heterocycles. The monoisotopic (exact) mass is 225 g/mol. The van der Waals surface area contributed by atoms with Crippen LogP contribution in [-0.4, -0.2) is 4.98 Å². The molecule has 0 fully saturated rings. The van der Waals surface area contributed by atoms with Crippen LogP contribution in [0, 0.1) is 6.92 Å². The molecule has 0 spiro atoms. The van der Waals surface area contributed by atoms with E-state index in [1.54, 1.807) is 0 Å². The molecule has 1 aromatic carbocycles. The summed E-state index contributed by atoms with van der Waals surface area (Å²) in [6.45, 7) is 1.90. The van der Waals surface area contributed by atoms with Crippen molar-refractivity contribution in [2.24, 2.45) is 0 Å². The molecule has 0 bridgehead atoms. The summed E-state index contributed by atoms with van der Waals surface area (Å²) >= 11 is 11.7. The number of nitrogens with zero attached hydrogens (tertiary/aromatic N) is 1. The summed E-state index contributed by atoms with van der Waals surface area (Å²) in [6, 6.07) is 7.89. The van der Waals surface area contributed by atoms with E-state index in [-0.39, 0.29) is 0 Å². The second-order valence-electron chi connectivity index (χ2n) is 3.22. The van der Waals surface area contributed by atoms with E-state index in [9.17, 15) is 0 Å². The lowest BCUT2D eigenvalue weighted by atomic mass is 10.1. The van der Waals surface area contributed by atoms with E-state index in [0.717, 1.165) is 22.2 Å². The molecular formula is C11H9Cl2N. The zero-order valence-corrected chi connectivity index (χ0v) is 9.23. The number of hydrogen-bond donors (Lipinski definition) is 0. The summed E-state index contributed by atoms with van der Waals surface area (Å²) < 4.78 is 0. The van der Waals surface area contributed by atoms with Crippen LogP contribution in [0.15, 0.2) is 24.3 Å². The highest BCUT2D eigenvalue weighted by molar-refractivity contribution is 6.31. The summed E-state index contributed by atoms with van der Waals surface area (Å²) in [4.78, 5) is 4.38. The first kappa shape index (κ1) is 9.75. The van der Waals surface area contributed by atoms with E-state index in [4.69, 9.17) is 23.2 Å². The molecule has 0 aliphatic rings. The highest BCUT2D eigenvalue weighted by atomic mass is 35.5. The maximum absolute atomic E-state index is 5.99. The van der Waals surface area contributed by atoms with Crippen molar-refractivity contribution in [3.63, 3.8) is 0 Å². The third-order valence-electron chi connectivity index (χ3n) is 2.16. The van der Waals surface area contributed by atoms with Gasteiger partial charge in [0.2, 0.25) is 0 Å². The maximum Gasteiger partial charge on any atom is 0.0706 e. The molecule has 1 nitrogen and oxygen atoms in total. The Morgan fingerprint density at radius 3 is 2.79 bits per heavy atom. The quantitative estimate of drug-likeness (QED) is 0.671. The predicted molar refractivity (Wildman–Crippen MR) is 61.0 cm³/mol. The number of pyridine rings is 1. The number of hydrogen-bond acceptors (Lipinski definition) is 1. The van der Waals surface area contributed by atoms with Crippen molar-refractivity contribution in [3.05, 3.63) is 40.5 Å². The fraction of sp³-hybridized carbons (Fsp3) is 0.182. The van der Waals surface area contributed by atoms with Gasteiger partial charge < -0.3 is 0 Å². The van der Waals surface area contributed by atoms with Crippen molar-refractivity contribution < 1.29 is 0 Å². The average molecular weight is 226 g/mol. The van der Waals surface area contributed by atoms with Crippen molar-refractivity contribution in [2.75, 3.05) is 0 Å². The normalized spacial score (nSPS) is 10.8. The predicted octanol–water partition coefficient (Wildman–Crippen LogP) is 3.94. The number of alkyl halides is 1. The zero-order chi connectivity index (χ0) is 10.1. The van der Waals surface area contributed by atoms with E-state index in [1.165, 1.54) is 0 Å². The average Bonchev–Trinajstić information content (AvgIpc) is 2.19. The standard InChI is InChI=1S/C11H9Cl2N/c1-7-10(13)5-9-4-8(6-12)2-3-11(9)14-7/h2-5H,6H2,1H3. The maximum atomic E-state index is 5.99. The molecular weight excluding hydrogens is 217 g/mol. The lowest BCUT2D eigenvalue weighted by Crippen LogP contribution is -1.86. The molecule has 3 heteroatoms. The van der Waals surface area contributed by atoms with Gasteiger partial charge >= 0.3 is 0 Å². The Balaban J connectivity index is 2.70. The fourth-order valence-corrected chi connectivity index (χ4v) is 1.71. The fourth-order valence-electron chi connectivity index (χ4n) is 1.38. The van der Waals surface area contributed by atoms with Gasteiger partial charge in [0.1, 0.15) is 0 Å².